The lowest BCUT2D eigenvalue weighted by atomic mass is 9.84. The molecule has 0 radical (unpaired) electrons. The highest BCUT2D eigenvalue weighted by molar-refractivity contribution is 6.00. The van der Waals surface area contributed by atoms with E-state index < -0.39 is 0 Å². The number of likely N-dealkylation sites (tertiary alicyclic amines) is 1. The number of allylic oxidation sites excluding steroid dienone is 1. The van der Waals surface area contributed by atoms with E-state index in [-0.39, 0.29) is 23.9 Å². The summed E-state index contributed by atoms with van der Waals surface area (Å²) in [7, 11) is 1.59. The zero-order chi connectivity index (χ0) is 20.9. The molecule has 1 saturated heterocycles. The monoisotopic (exact) mass is 410 g/mol. The lowest BCUT2D eigenvalue weighted by Crippen LogP contribution is -2.49. The van der Waals surface area contributed by atoms with E-state index in [1.165, 1.54) is 24.8 Å². The number of hydrogen-bond donors (Lipinski definition) is 1. The Morgan fingerprint density at radius 3 is 2.77 bits per heavy atom. The summed E-state index contributed by atoms with van der Waals surface area (Å²) in [5.41, 5.74) is 2.01. The summed E-state index contributed by atoms with van der Waals surface area (Å²) in [6.45, 7) is 0.660. The maximum atomic E-state index is 13.6. The van der Waals surface area contributed by atoms with Gasteiger partial charge in [0.2, 0.25) is 5.91 Å². The summed E-state index contributed by atoms with van der Waals surface area (Å²) < 4.78 is 5.44. The van der Waals surface area contributed by atoms with Gasteiger partial charge in [0.25, 0.3) is 5.91 Å². The van der Waals surface area contributed by atoms with Gasteiger partial charge in [0, 0.05) is 12.6 Å². The van der Waals surface area contributed by atoms with Gasteiger partial charge in [-0.25, -0.2) is 0 Å². The van der Waals surface area contributed by atoms with Crippen molar-refractivity contribution in [3.63, 3.8) is 0 Å². The first-order chi connectivity index (χ1) is 14.7. The number of amides is 2. The number of nitrogens with one attached hydrogen (secondary N) is 1. The molecular formula is C25H34N2O3. The molecule has 0 aromatic heterocycles. The SMILES string of the molecule is COc1ccccc1C(=O)N1[C@H](C(=O)NCCC2=CCCCC2)C[C@H]2CCCC[C@@H]21. The second kappa shape index (κ2) is 9.67. The van der Waals surface area contributed by atoms with Crippen LogP contribution in [0.1, 0.15) is 74.6 Å². The molecule has 1 N–H and O–H groups in total. The number of fused-ring (bicyclic) bond motifs is 1. The average Bonchev–Trinajstić information content (AvgIpc) is 3.19. The van der Waals surface area contributed by atoms with Crippen molar-refractivity contribution >= 4 is 11.8 Å². The Bertz CT molecular complexity index is 803. The average molecular weight is 411 g/mol. The first kappa shape index (κ1) is 21.0. The largest absolute Gasteiger partial charge is 0.496 e. The molecule has 0 unspecified atom stereocenters. The van der Waals surface area contributed by atoms with Crippen LogP contribution in [0.2, 0.25) is 0 Å². The van der Waals surface area contributed by atoms with Gasteiger partial charge in [-0.1, -0.05) is 36.6 Å². The molecule has 3 atom stereocenters. The summed E-state index contributed by atoms with van der Waals surface area (Å²) in [6.07, 6.45) is 13.3. The Hall–Kier alpha value is -2.30. The second-order valence-electron chi connectivity index (χ2n) is 8.93. The van der Waals surface area contributed by atoms with Crippen molar-refractivity contribution in [1.82, 2.24) is 10.2 Å². The third-order valence-electron chi connectivity index (χ3n) is 7.09. The van der Waals surface area contributed by atoms with Crippen molar-refractivity contribution in [2.45, 2.75) is 76.3 Å². The van der Waals surface area contributed by atoms with Crippen LogP contribution < -0.4 is 10.1 Å². The Morgan fingerprint density at radius 1 is 1.13 bits per heavy atom. The second-order valence-corrected chi connectivity index (χ2v) is 8.93. The van der Waals surface area contributed by atoms with Crippen LogP contribution >= 0.6 is 0 Å². The number of ether oxygens (including phenoxy) is 1. The molecule has 0 bridgehead atoms. The van der Waals surface area contributed by atoms with E-state index >= 15 is 0 Å². The summed E-state index contributed by atoms with van der Waals surface area (Å²) in [6, 6.07) is 7.13. The number of carbonyl (C=O) groups excluding carboxylic acids is 2. The van der Waals surface area contributed by atoms with Gasteiger partial charge in [-0.3, -0.25) is 9.59 Å². The summed E-state index contributed by atoms with van der Waals surface area (Å²) >= 11 is 0. The fourth-order valence-electron chi connectivity index (χ4n) is 5.54. The van der Waals surface area contributed by atoms with E-state index in [1.807, 2.05) is 29.2 Å². The van der Waals surface area contributed by atoms with Gasteiger partial charge in [0.15, 0.2) is 0 Å². The molecule has 3 aliphatic rings. The van der Waals surface area contributed by atoms with Gasteiger partial charge >= 0.3 is 0 Å². The minimum absolute atomic E-state index is 0.00376. The maximum absolute atomic E-state index is 13.6. The molecule has 1 aromatic carbocycles. The van der Waals surface area contributed by atoms with E-state index in [2.05, 4.69) is 11.4 Å². The molecule has 4 rings (SSSR count). The Morgan fingerprint density at radius 2 is 1.97 bits per heavy atom. The van der Waals surface area contributed by atoms with Gasteiger partial charge in [-0.15, -0.1) is 0 Å². The highest BCUT2D eigenvalue weighted by atomic mass is 16.5. The van der Waals surface area contributed by atoms with E-state index in [0.717, 1.165) is 44.9 Å². The number of nitrogens with zero attached hydrogens (tertiary/aromatic N) is 1. The van der Waals surface area contributed by atoms with Crippen LogP contribution in [0.25, 0.3) is 0 Å². The predicted molar refractivity (Wildman–Crippen MR) is 117 cm³/mol. The maximum Gasteiger partial charge on any atom is 0.258 e. The van der Waals surface area contributed by atoms with Crippen LogP contribution in [0, 0.1) is 5.92 Å². The van der Waals surface area contributed by atoms with Crippen molar-refractivity contribution in [3.8, 4) is 5.75 Å². The quantitative estimate of drug-likeness (QED) is 0.704. The molecular weight excluding hydrogens is 376 g/mol. The molecule has 1 heterocycles. The van der Waals surface area contributed by atoms with Crippen LogP contribution in [0.4, 0.5) is 0 Å². The summed E-state index contributed by atoms with van der Waals surface area (Å²) in [5.74, 6) is 0.931. The smallest absolute Gasteiger partial charge is 0.258 e. The molecule has 1 aliphatic heterocycles. The Labute approximate surface area is 179 Å². The molecule has 162 valence electrons. The predicted octanol–water partition coefficient (Wildman–Crippen LogP) is 4.48. The molecule has 1 aromatic rings. The van der Waals surface area contributed by atoms with Gasteiger partial charge in [0.1, 0.15) is 11.8 Å². The van der Waals surface area contributed by atoms with Crippen LogP contribution in [-0.4, -0.2) is 42.5 Å². The Kier molecular flexibility index (Phi) is 6.76. The van der Waals surface area contributed by atoms with Gasteiger partial charge in [0.05, 0.1) is 12.7 Å². The normalized spacial score (nSPS) is 26.0. The minimum Gasteiger partial charge on any atom is -0.496 e. The topological polar surface area (TPSA) is 58.6 Å². The van der Waals surface area contributed by atoms with Crippen LogP contribution in [-0.2, 0) is 4.79 Å². The van der Waals surface area contributed by atoms with Crippen LogP contribution in [0.5, 0.6) is 5.75 Å². The highest BCUT2D eigenvalue weighted by Crippen LogP contribution is 2.41. The molecule has 1 saturated carbocycles. The molecule has 2 amide bonds. The lowest BCUT2D eigenvalue weighted by Gasteiger charge is -2.34. The van der Waals surface area contributed by atoms with Crippen molar-refractivity contribution in [2.75, 3.05) is 13.7 Å². The molecule has 5 nitrogen and oxygen atoms in total. The first-order valence-electron chi connectivity index (χ1n) is 11.6. The van der Waals surface area contributed by atoms with Gasteiger partial charge in [-0.2, -0.15) is 0 Å². The van der Waals surface area contributed by atoms with E-state index in [1.54, 1.807) is 7.11 Å². The third-order valence-corrected chi connectivity index (χ3v) is 7.09. The number of rotatable bonds is 6. The van der Waals surface area contributed by atoms with E-state index in [0.29, 0.717) is 23.8 Å². The Balaban J connectivity index is 1.49. The van der Waals surface area contributed by atoms with Crippen molar-refractivity contribution in [1.29, 1.82) is 0 Å². The number of hydrogen-bond acceptors (Lipinski definition) is 3. The summed E-state index contributed by atoms with van der Waals surface area (Å²) in [4.78, 5) is 28.6. The van der Waals surface area contributed by atoms with E-state index in [9.17, 15) is 9.59 Å². The van der Waals surface area contributed by atoms with Crippen molar-refractivity contribution in [2.24, 2.45) is 5.92 Å². The van der Waals surface area contributed by atoms with E-state index in [4.69, 9.17) is 4.74 Å². The zero-order valence-electron chi connectivity index (χ0n) is 18.1. The third kappa shape index (κ3) is 4.40. The zero-order valence-corrected chi connectivity index (χ0v) is 18.1. The summed E-state index contributed by atoms with van der Waals surface area (Å²) in [5, 5.41) is 3.14. The highest BCUT2D eigenvalue weighted by Gasteiger charge is 2.47. The lowest BCUT2D eigenvalue weighted by molar-refractivity contribution is -0.125. The molecule has 30 heavy (non-hydrogen) atoms. The first-order valence-corrected chi connectivity index (χ1v) is 11.6. The molecule has 2 fully saturated rings. The van der Waals surface area contributed by atoms with Crippen LogP contribution in [0.3, 0.4) is 0 Å². The number of para-hydroxylation sites is 1. The van der Waals surface area contributed by atoms with Gasteiger partial charge < -0.3 is 15.0 Å². The van der Waals surface area contributed by atoms with Gasteiger partial charge in [-0.05, 0) is 69.4 Å². The minimum atomic E-state index is -0.379. The molecule has 2 aliphatic carbocycles. The standard InChI is InChI=1S/C25H34N2O3/c1-30-23-14-8-6-12-20(23)25(29)27-21-13-7-5-11-19(21)17-22(27)24(28)26-16-15-18-9-3-2-4-10-18/h6,8-9,12,14,19,21-22H,2-5,7,10-11,13,15-17H2,1H3,(H,26,28)/t19-,21+,22+/m1/s1. The number of methoxy groups -OCH3 is 1. The fraction of sp³-hybridized carbons (Fsp3) is 0.600. The van der Waals surface area contributed by atoms with Crippen molar-refractivity contribution < 1.29 is 14.3 Å². The van der Waals surface area contributed by atoms with Crippen LogP contribution in [0.15, 0.2) is 35.9 Å². The molecule has 5 heteroatoms. The fourth-order valence-corrected chi connectivity index (χ4v) is 5.54. The number of benzene rings is 1. The number of carbonyl (C=O) groups is 2. The molecule has 0 spiro atoms. The van der Waals surface area contributed by atoms with Crippen molar-refractivity contribution in [3.05, 3.63) is 41.5 Å².